The predicted molar refractivity (Wildman–Crippen MR) is 42.5 cm³/mol. The summed E-state index contributed by atoms with van der Waals surface area (Å²) in [5, 5.41) is 0. The van der Waals surface area contributed by atoms with Gasteiger partial charge in [-0.1, -0.05) is 12.5 Å². The van der Waals surface area contributed by atoms with E-state index in [1.165, 1.54) is 0 Å². The Kier molecular flexibility index (Phi) is 4.63. The van der Waals surface area contributed by atoms with E-state index in [4.69, 9.17) is 0 Å². The van der Waals surface area contributed by atoms with Gasteiger partial charge in [-0.05, 0) is 20.3 Å². The lowest BCUT2D eigenvalue weighted by molar-refractivity contribution is -0.115. The van der Waals surface area contributed by atoms with Gasteiger partial charge in [0, 0.05) is 12.7 Å². The average Bonchev–Trinajstić information content (AvgIpc) is 1.86. The van der Waals surface area contributed by atoms with Crippen LogP contribution < -0.4 is 0 Å². The van der Waals surface area contributed by atoms with Crippen molar-refractivity contribution in [2.24, 2.45) is 0 Å². The summed E-state index contributed by atoms with van der Waals surface area (Å²) in [6.07, 6.45) is 3.72. The topological polar surface area (TPSA) is 20.3 Å². The minimum absolute atomic E-state index is 0.814. The smallest absolute Gasteiger partial charge is 0.213 e. The number of rotatable bonds is 4. The number of hydrogen-bond donors (Lipinski definition) is 0. The van der Waals surface area contributed by atoms with Crippen LogP contribution in [-0.2, 0) is 4.79 Å². The predicted octanol–water partition coefficient (Wildman–Crippen LogP) is 1.78. The molecular weight excluding hydrogens is 126 g/mol. The lowest BCUT2D eigenvalue weighted by Crippen LogP contribution is -2.15. The maximum absolute atomic E-state index is 10.3. The van der Waals surface area contributed by atoms with Gasteiger partial charge in [-0.2, -0.15) is 0 Å². The molecule has 58 valence electrons. The van der Waals surface area contributed by atoms with Crippen LogP contribution in [0.5, 0.6) is 0 Å². The molecule has 0 unspecified atom stereocenters. The molecule has 0 bridgehead atoms. The molecular formula is C8H15NO. The van der Waals surface area contributed by atoms with Gasteiger partial charge in [0.15, 0.2) is 0 Å². The van der Waals surface area contributed by atoms with Gasteiger partial charge in [-0.3, -0.25) is 4.79 Å². The monoisotopic (exact) mass is 141 g/mol. The molecule has 1 amide bonds. The molecule has 0 heterocycles. The summed E-state index contributed by atoms with van der Waals surface area (Å²) < 4.78 is 0. The zero-order valence-electron chi connectivity index (χ0n) is 6.92. The van der Waals surface area contributed by atoms with Gasteiger partial charge in [0.05, 0.1) is 0 Å². The highest BCUT2D eigenvalue weighted by Gasteiger charge is 1.92. The van der Waals surface area contributed by atoms with E-state index in [0.717, 1.165) is 24.9 Å². The average molecular weight is 141 g/mol. The summed E-state index contributed by atoms with van der Waals surface area (Å²) in [5.41, 5.74) is 1.15. The number of allylic oxidation sites excluding steroid dienone is 1. The Bertz CT molecular complexity index is 125. The largest absolute Gasteiger partial charge is 0.322 e. The van der Waals surface area contributed by atoms with Crippen LogP contribution in [0.15, 0.2) is 11.8 Å². The normalized spacial score (nSPS) is 8.70. The molecule has 0 radical (unpaired) electrons. The van der Waals surface area contributed by atoms with Crippen molar-refractivity contribution in [3.05, 3.63) is 11.8 Å². The van der Waals surface area contributed by atoms with Crippen molar-refractivity contribution in [1.82, 2.24) is 4.90 Å². The van der Waals surface area contributed by atoms with E-state index >= 15 is 0 Å². The van der Waals surface area contributed by atoms with Crippen LogP contribution in [0.25, 0.3) is 0 Å². The summed E-state index contributed by atoms with van der Waals surface area (Å²) >= 11 is 0. The van der Waals surface area contributed by atoms with Gasteiger partial charge < -0.3 is 4.90 Å². The van der Waals surface area contributed by atoms with E-state index in [-0.39, 0.29) is 0 Å². The number of carbonyl (C=O) groups is 1. The summed E-state index contributed by atoms with van der Waals surface area (Å²) in [7, 11) is 0. The van der Waals surface area contributed by atoms with Crippen molar-refractivity contribution in [2.45, 2.75) is 27.2 Å². The van der Waals surface area contributed by atoms with Crippen molar-refractivity contribution < 1.29 is 4.79 Å². The highest BCUT2D eigenvalue weighted by atomic mass is 16.1. The molecule has 0 fully saturated rings. The van der Waals surface area contributed by atoms with Crippen LogP contribution in [0, 0.1) is 0 Å². The molecule has 0 N–H and O–H groups in total. The number of hydrogen-bond acceptors (Lipinski definition) is 1. The Balaban J connectivity index is 3.82. The molecule has 0 atom stereocenters. The number of amides is 1. The minimum Gasteiger partial charge on any atom is -0.322 e. The van der Waals surface area contributed by atoms with Crippen LogP contribution in [0.4, 0.5) is 0 Å². The standard InChI is InChI=1S/C8H15NO/c1-4-5-9(7-10)6-8(2)3/h6-7H,4-5H2,1-3H3. The number of carbonyl (C=O) groups excluding carboxylic acids is 1. The molecule has 0 aromatic rings. The van der Waals surface area contributed by atoms with Crippen LogP contribution in [0.3, 0.4) is 0 Å². The first-order valence-corrected chi connectivity index (χ1v) is 3.56. The van der Waals surface area contributed by atoms with Gasteiger partial charge in [-0.15, -0.1) is 0 Å². The third-order valence-electron chi connectivity index (χ3n) is 1.04. The second-order valence-corrected chi connectivity index (χ2v) is 2.55. The minimum atomic E-state index is 0.814. The maximum atomic E-state index is 10.3. The van der Waals surface area contributed by atoms with Crippen molar-refractivity contribution in [3.63, 3.8) is 0 Å². The lowest BCUT2D eigenvalue weighted by Gasteiger charge is -2.10. The van der Waals surface area contributed by atoms with Gasteiger partial charge in [0.2, 0.25) is 6.41 Å². The molecule has 10 heavy (non-hydrogen) atoms. The van der Waals surface area contributed by atoms with E-state index in [0.29, 0.717) is 0 Å². The van der Waals surface area contributed by atoms with Gasteiger partial charge in [0.1, 0.15) is 0 Å². The molecule has 0 saturated carbocycles. The van der Waals surface area contributed by atoms with Crippen molar-refractivity contribution in [3.8, 4) is 0 Å². The molecule has 0 aromatic heterocycles. The third kappa shape index (κ3) is 4.13. The molecule has 0 aliphatic heterocycles. The van der Waals surface area contributed by atoms with Crippen LogP contribution in [-0.4, -0.2) is 17.9 Å². The van der Waals surface area contributed by atoms with Crippen LogP contribution >= 0.6 is 0 Å². The van der Waals surface area contributed by atoms with E-state index in [2.05, 4.69) is 6.92 Å². The molecule has 0 aliphatic carbocycles. The fourth-order valence-electron chi connectivity index (χ4n) is 0.738. The zero-order valence-corrected chi connectivity index (χ0v) is 6.92. The Hall–Kier alpha value is -0.790. The Morgan fingerprint density at radius 2 is 2.10 bits per heavy atom. The van der Waals surface area contributed by atoms with Gasteiger partial charge in [0.25, 0.3) is 0 Å². The van der Waals surface area contributed by atoms with E-state index in [9.17, 15) is 4.79 Å². The Morgan fingerprint density at radius 3 is 2.40 bits per heavy atom. The first-order valence-electron chi connectivity index (χ1n) is 3.56. The summed E-state index contributed by atoms with van der Waals surface area (Å²) in [4.78, 5) is 12.0. The molecule has 0 aromatic carbocycles. The summed E-state index contributed by atoms with van der Waals surface area (Å²) in [6.45, 7) is 6.82. The Labute approximate surface area is 62.5 Å². The first-order chi connectivity index (χ1) is 4.70. The molecule has 0 spiro atoms. The van der Waals surface area contributed by atoms with Gasteiger partial charge >= 0.3 is 0 Å². The number of nitrogens with zero attached hydrogens (tertiary/aromatic N) is 1. The molecule has 0 aliphatic rings. The maximum Gasteiger partial charge on any atom is 0.213 e. The highest BCUT2D eigenvalue weighted by Crippen LogP contribution is 1.94. The zero-order chi connectivity index (χ0) is 7.98. The van der Waals surface area contributed by atoms with E-state index in [1.54, 1.807) is 4.90 Å². The molecule has 2 nitrogen and oxygen atoms in total. The first kappa shape index (κ1) is 9.21. The van der Waals surface area contributed by atoms with Crippen molar-refractivity contribution >= 4 is 6.41 Å². The fraction of sp³-hybridized carbons (Fsp3) is 0.625. The molecule has 2 heteroatoms. The van der Waals surface area contributed by atoms with Crippen molar-refractivity contribution in [2.75, 3.05) is 6.54 Å². The lowest BCUT2D eigenvalue weighted by atomic mass is 10.3. The summed E-state index contributed by atoms with van der Waals surface area (Å²) in [6, 6.07) is 0. The quantitative estimate of drug-likeness (QED) is 0.546. The second-order valence-electron chi connectivity index (χ2n) is 2.55. The summed E-state index contributed by atoms with van der Waals surface area (Å²) in [5.74, 6) is 0. The fourth-order valence-corrected chi connectivity index (χ4v) is 0.738. The Morgan fingerprint density at radius 1 is 1.50 bits per heavy atom. The molecule has 0 rings (SSSR count). The van der Waals surface area contributed by atoms with E-state index in [1.807, 2.05) is 20.0 Å². The third-order valence-corrected chi connectivity index (χ3v) is 1.04. The van der Waals surface area contributed by atoms with E-state index < -0.39 is 0 Å². The van der Waals surface area contributed by atoms with Crippen LogP contribution in [0.2, 0.25) is 0 Å². The second kappa shape index (κ2) is 5.03. The van der Waals surface area contributed by atoms with Crippen LogP contribution in [0.1, 0.15) is 27.2 Å². The molecule has 0 saturated heterocycles. The highest BCUT2D eigenvalue weighted by molar-refractivity contribution is 5.49. The van der Waals surface area contributed by atoms with Crippen molar-refractivity contribution in [1.29, 1.82) is 0 Å². The van der Waals surface area contributed by atoms with Gasteiger partial charge in [-0.25, -0.2) is 0 Å². The SMILES string of the molecule is CCCN(C=O)C=C(C)C.